The molecule has 1 aliphatic rings. The molecule has 0 aliphatic carbocycles. The Morgan fingerprint density at radius 2 is 1.78 bits per heavy atom. The fourth-order valence-corrected chi connectivity index (χ4v) is 4.13. The summed E-state index contributed by atoms with van der Waals surface area (Å²) < 4.78 is 5.55. The van der Waals surface area contributed by atoms with Crippen LogP contribution in [0.1, 0.15) is 52.1 Å². The quantitative estimate of drug-likeness (QED) is 0.151. The van der Waals surface area contributed by atoms with E-state index < -0.39 is 60.1 Å². The Kier molecular flexibility index (Phi) is 12.6. The number of rotatable bonds is 13. The lowest BCUT2D eigenvalue weighted by Gasteiger charge is -2.29. The van der Waals surface area contributed by atoms with Gasteiger partial charge in [-0.3, -0.25) is 28.9 Å². The molecule has 0 saturated carbocycles. The summed E-state index contributed by atoms with van der Waals surface area (Å²) in [6, 6.07) is 6.45. The zero-order valence-corrected chi connectivity index (χ0v) is 24.7. The molecule has 12 heteroatoms. The molecule has 1 aliphatic heterocycles. The number of amides is 4. The highest BCUT2D eigenvalue weighted by molar-refractivity contribution is 6.39. The Balaban J connectivity index is 1.98. The van der Waals surface area contributed by atoms with Gasteiger partial charge < -0.3 is 30.7 Å². The molecule has 41 heavy (non-hydrogen) atoms. The van der Waals surface area contributed by atoms with Crippen molar-refractivity contribution in [2.24, 2.45) is 5.92 Å². The van der Waals surface area contributed by atoms with E-state index in [1.54, 1.807) is 55.4 Å². The lowest BCUT2D eigenvalue weighted by atomic mass is 10.1. The van der Waals surface area contributed by atoms with Crippen molar-refractivity contribution in [2.45, 2.75) is 64.6 Å². The van der Waals surface area contributed by atoms with Crippen LogP contribution in [0.25, 0.3) is 0 Å². The molecule has 1 saturated heterocycles. The zero-order chi connectivity index (χ0) is 30.7. The molecular formula is C29H43N5O7. The van der Waals surface area contributed by atoms with Crippen molar-refractivity contribution in [1.82, 2.24) is 25.8 Å². The smallest absolute Gasteiger partial charge is 0.290 e. The summed E-state index contributed by atoms with van der Waals surface area (Å²) in [5.74, 6) is -3.97. The van der Waals surface area contributed by atoms with Crippen molar-refractivity contribution in [1.29, 1.82) is 0 Å². The number of likely N-dealkylation sites (tertiary alicyclic amines) is 1. The summed E-state index contributed by atoms with van der Waals surface area (Å²) in [6.07, 6.45) is 2.93. The van der Waals surface area contributed by atoms with Gasteiger partial charge in [0.15, 0.2) is 0 Å². The minimum Gasteiger partial charge on any atom is -0.356 e. The van der Waals surface area contributed by atoms with Gasteiger partial charge >= 0.3 is 0 Å². The normalized spacial score (nSPS) is 17.9. The van der Waals surface area contributed by atoms with Crippen molar-refractivity contribution < 1.29 is 33.8 Å². The number of likely N-dealkylation sites (N-methyl/N-ethyl adjacent to an activating group) is 1. The first-order valence-electron chi connectivity index (χ1n) is 13.7. The molecule has 1 heterocycles. The first kappa shape index (κ1) is 33.6. The number of hydrogen-bond donors (Lipinski definition) is 4. The van der Waals surface area contributed by atoms with Crippen molar-refractivity contribution in [2.75, 3.05) is 33.7 Å². The summed E-state index contributed by atoms with van der Waals surface area (Å²) in [5, 5.41) is 17.8. The van der Waals surface area contributed by atoms with Crippen LogP contribution in [0.5, 0.6) is 0 Å². The van der Waals surface area contributed by atoms with E-state index in [1.807, 2.05) is 27.7 Å². The van der Waals surface area contributed by atoms with Crippen molar-refractivity contribution in [3.8, 4) is 0 Å². The van der Waals surface area contributed by atoms with Crippen molar-refractivity contribution in [3.05, 3.63) is 48.0 Å². The van der Waals surface area contributed by atoms with Gasteiger partial charge in [-0.05, 0) is 39.2 Å². The van der Waals surface area contributed by atoms with Crippen LogP contribution in [0.4, 0.5) is 0 Å². The number of carbonyl (C=O) groups is 5. The van der Waals surface area contributed by atoms with Gasteiger partial charge in [0, 0.05) is 27.2 Å². The standard InChI is InChI=1S/C29H43N5O7/c1-7-8-14-21(31-25(37)20-15-16-34(18-20)28(40)41-29(2,3)4)24(36)26(38)30-17-22(35)32-23(27(39)33(5)6)19-12-10-9-11-13-19/h8-14,20-21,23,28,40H,7,15-18H2,1-6H3,(H,30,38)(H,31,37)(H,32,35)/b14-8+/t20-,21?,23-,28?/m0/s1. The van der Waals surface area contributed by atoms with E-state index in [-0.39, 0.29) is 12.5 Å². The van der Waals surface area contributed by atoms with Gasteiger partial charge in [-0.15, -0.1) is 0 Å². The number of allylic oxidation sites excluding steroid dienone is 1. The Labute approximate surface area is 241 Å². The van der Waals surface area contributed by atoms with E-state index in [2.05, 4.69) is 16.0 Å². The maximum absolute atomic E-state index is 13.0. The molecular weight excluding hydrogens is 530 g/mol. The van der Waals surface area contributed by atoms with Gasteiger partial charge in [0.25, 0.3) is 5.91 Å². The number of nitrogens with one attached hydrogen (secondary N) is 3. The second kappa shape index (κ2) is 15.4. The van der Waals surface area contributed by atoms with Crippen LogP contribution in [-0.2, 0) is 28.7 Å². The van der Waals surface area contributed by atoms with Crippen LogP contribution in [0, 0.1) is 5.92 Å². The topological polar surface area (TPSA) is 157 Å². The summed E-state index contributed by atoms with van der Waals surface area (Å²) >= 11 is 0. The van der Waals surface area contributed by atoms with E-state index in [1.165, 1.54) is 11.0 Å². The largest absolute Gasteiger partial charge is 0.356 e. The molecule has 1 fully saturated rings. The third kappa shape index (κ3) is 10.7. The Bertz CT molecular complexity index is 1100. The maximum Gasteiger partial charge on any atom is 0.290 e. The van der Waals surface area contributed by atoms with Crippen molar-refractivity contribution >= 4 is 29.4 Å². The second-order valence-electron chi connectivity index (χ2n) is 11.1. The molecule has 12 nitrogen and oxygen atoms in total. The number of benzene rings is 1. The fourth-order valence-electron chi connectivity index (χ4n) is 4.13. The van der Waals surface area contributed by atoms with Crippen LogP contribution in [0.3, 0.4) is 0 Å². The number of hydrogen-bond acceptors (Lipinski definition) is 8. The van der Waals surface area contributed by atoms with E-state index in [4.69, 9.17) is 4.74 Å². The number of carbonyl (C=O) groups excluding carboxylic acids is 5. The Morgan fingerprint density at radius 3 is 2.37 bits per heavy atom. The highest BCUT2D eigenvalue weighted by Gasteiger charge is 2.35. The number of ether oxygens (including phenoxy) is 1. The van der Waals surface area contributed by atoms with Gasteiger partial charge in [-0.2, -0.15) is 0 Å². The minimum atomic E-state index is -1.23. The Morgan fingerprint density at radius 1 is 1.12 bits per heavy atom. The number of ketones is 1. The molecule has 2 unspecified atom stereocenters. The number of nitrogens with zero attached hydrogens (tertiary/aromatic N) is 2. The summed E-state index contributed by atoms with van der Waals surface area (Å²) in [4.78, 5) is 66.8. The molecule has 0 aromatic heterocycles. The Hall–Kier alpha value is -3.61. The fraction of sp³-hybridized carbons (Fsp3) is 0.552. The van der Waals surface area contributed by atoms with E-state index in [0.29, 0.717) is 24.9 Å². The van der Waals surface area contributed by atoms with Gasteiger partial charge in [0.2, 0.25) is 29.9 Å². The summed E-state index contributed by atoms with van der Waals surface area (Å²) in [5.41, 5.74) is -0.00556. The monoisotopic (exact) mass is 573 g/mol. The molecule has 4 amide bonds. The lowest BCUT2D eigenvalue weighted by Crippen LogP contribution is -2.50. The predicted octanol–water partition coefficient (Wildman–Crippen LogP) is 0.481. The third-order valence-corrected chi connectivity index (χ3v) is 6.27. The number of aliphatic hydroxyl groups is 1. The zero-order valence-electron chi connectivity index (χ0n) is 24.7. The van der Waals surface area contributed by atoms with Gasteiger partial charge in [0.1, 0.15) is 12.1 Å². The van der Waals surface area contributed by atoms with Crippen LogP contribution in [-0.4, -0.2) is 96.1 Å². The lowest BCUT2D eigenvalue weighted by molar-refractivity contribution is -0.234. The molecule has 0 spiro atoms. The maximum atomic E-state index is 13.0. The summed E-state index contributed by atoms with van der Waals surface area (Å²) in [7, 11) is 3.13. The molecule has 2 rings (SSSR count). The number of Topliss-reactive ketones (excluding diaryl/α,β-unsaturated/α-hetero) is 1. The number of aliphatic hydroxyl groups excluding tert-OH is 1. The third-order valence-electron chi connectivity index (χ3n) is 6.27. The SMILES string of the molecule is CC/C=C/C(NC(=O)[C@H]1CCN(C(O)OC(C)(C)C)C1)C(=O)C(=O)NCC(=O)N[C@H](C(=O)N(C)C)c1ccccc1. The van der Waals surface area contributed by atoms with E-state index >= 15 is 0 Å². The van der Waals surface area contributed by atoms with Gasteiger partial charge in [-0.1, -0.05) is 49.4 Å². The molecule has 226 valence electrons. The van der Waals surface area contributed by atoms with Crippen LogP contribution < -0.4 is 16.0 Å². The first-order chi connectivity index (χ1) is 19.2. The van der Waals surface area contributed by atoms with Crippen LogP contribution >= 0.6 is 0 Å². The first-order valence-corrected chi connectivity index (χ1v) is 13.7. The predicted molar refractivity (Wildman–Crippen MR) is 152 cm³/mol. The van der Waals surface area contributed by atoms with Crippen LogP contribution in [0.2, 0.25) is 0 Å². The second-order valence-corrected chi connectivity index (χ2v) is 11.1. The highest BCUT2D eigenvalue weighted by Crippen LogP contribution is 2.21. The molecule has 0 radical (unpaired) electrons. The average molecular weight is 574 g/mol. The molecule has 4 atom stereocenters. The molecule has 1 aromatic rings. The molecule has 1 aromatic carbocycles. The summed E-state index contributed by atoms with van der Waals surface area (Å²) in [6.45, 7) is 7.38. The van der Waals surface area contributed by atoms with Gasteiger partial charge in [0.05, 0.1) is 18.1 Å². The van der Waals surface area contributed by atoms with E-state index in [0.717, 1.165) is 0 Å². The average Bonchev–Trinajstić information content (AvgIpc) is 3.42. The van der Waals surface area contributed by atoms with E-state index in [9.17, 15) is 29.1 Å². The molecule has 0 bridgehead atoms. The van der Waals surface area contributed by atoms with Crippen molar-refractivity contribution in [3.63, 3.8) is 0 Å². The minimum absolute atomic E-state index is 0.224. The highest BCUT2D eigenvalue weighted by atomic mass is 16.6. The van der Waals surface area contributed by atoms with Crippen LogP contribution in [0.15, 0.2) is 42.5 Å². The van der Waals surface area contributed by atoms with Gasteiger partial charge in [-0.25, -0.2) is 0 Å². The molecule has 4 N–H and O–H groups in total.